The van der Waals surface area contributed by atoms with E-state index in [-0.39, 0.29) is 0 Å². The van der Waals surface area contributed by atoms with Gasteiger partial charge in [0.15, 0.2) is 5.82 Å². The molecule has 0 saturated carbocycles. The van der Waals surface area contributed by atoms with Gasteiger partial charge in [-0.25, -0.2) is 9.97 Å². The maximum Gasteiger partial charge on any atom is 0.246 e. The molecule has 7 nitrogen and oxygen atoms in total. The van der Waals surface area contributed by atoms with Crippen LogP contribution in [0.15, 0.2) is 10.9 Å². The summed E-state index contributed by atoms with van der Waals surface area (Å²) in [5.41, 5.74) is 1.07. The van der Waals surface area contributed by atoms with Crippen molar-refractivity contribution in [2.45, 2.75) is 33.2 Å². The van der Waals surface area contributed by atoms with Crippen LogP contribution in [0, 0.1) is 9.49 Å². The minimum Gasteiger partial charge on any atom is -0.384 e. The molecule has 0 saturated heterocycles. The number of hydrogen-bond acceptors (Lipinski definition) is 7. The Balaban J connectivity index is 2.08. The highest BCUT2D eigenvalue weighted by molar-refractivity contribution is 14.1. The number of nitrogens with zero attached hydrogens (tertiary/aromatic N) is 5. The molecule has 2 aromatic rings. The topological polar surface area (TPSA) is 77.2 Å². The summed E-state index contributed by atoms with van der Waals surface area (Å²) in [4.78, 5) is 15.2. The van der Waals surface area contributed by atoms with Crippen molar-refractivity contribution in [3.8, 4) is 0 Å². The van der Waals surface area contributed by atoms with Gasteiger partial charge in [0.1, 0.15) is 12.1 Å². The van der Waals surface area contributed by atoms with Crippen LogP contribution >= 0.6 is 22.6 Å². The van der Waals surface area contributed by atoms with Gasteiger partial charge >= 0.3 is 0 Å². The van der Waals surface area contributed by atoms with E-state index in [1.807, 2.05) is 11.9 Å². The SMILES string of the molecule is COCCc1noc(CN(C)c2ncnc(CC(C)C)c2I)n1. The molecule has 0 fully saturated rings. The zero-order valence-corrected chi connectivity index (χ0v) is 16.1. The number of ether oxygens (including phenoxy) is 1. The zero-order valence-electron chi connectivity index (χ0n) is 13.9. The first-order valence-corrected chi connectivity index (χ1v) is 8.60. The van der Waals surface area contributed by atoms with Crippen molar-refractivity contribution < 1.29 is 9.26 Å². The van der Waals surface area contributed by atoms with Gasteiger partial charge in [-0.15, -0.1) is 0 Å². The summed E-state index contributed by atoms with van der Waals surface area (Å²) in [6, 6.07) is 0. The van der Waals surface area contributed by atoms with Crippen LogP contribution in [0.3, 0.4) is 0 Å². The predicted molar refractivity (Wildman–Crippen MR) is 95.3 cm³/mol. The second-order valence-corrected chi connectivity index (χ2v) is 6.84. The van der Waals surface area contributed by atoms with Crippen molar-refractivity contribution in [2.24, 2.45) is 5.92 Å². The second-order valence-electron chi connectivity index (χ2n) is 5.76. The van der Waals surface area contributed by atoms with E-state index in [4.69, 9.17) is 9.26 Å². The number of aromatic nitrogens is 4. The highest BCUT2D eigenvalue weighted by Gasteiger charge is 2.16. The molecule has 0 N–H and O–H groups in total. The molecule has 23 heavy (non-hydrogen) atoms. The summed E-state index contributed by atoms with van der Waals surface area (Å²) in [5.74, 6) is 2.66. The molecular formula is C15H22IN5O2. The Morgan fingerprint density at radius 2 is 2.13 bits per heavy atom. The zero-order chi connectivity index (χ0) is 16.8. The van der Waals surface area contributed by atoms with Crippen molar-refractivity contribution in [1.82, 2.24) is 20.1 Å². The molecule has 0 aliphatic heterocycles. The van der Waals surface area contributed by atoms with E-state index in [1.165, 1.54) is 0 Å². The second kappa shape index (κ2) is 8.53. The lowest BCUT2D eigenvalue weighted by Crippen LogP contribution is -2.20. The van der Waals surface area contributed by atoms with E-state index in [2.05, 4.69) is 56.5 Å². The molecule has 0 spiro atoms. The fourth-order valence-electron chi connectivity index (χ4n) is 2.12. The molecule has 0 amide bonds. The lowest BCUT2D eigenvalue weighted by atomic mass is 10.1. The Hall–Kier alpha value is -1.29. The normalized spacial score (nSPS) is 11.2. The largest absolute Gasteiger partial charge is 0.384 e. The monoisotopic (exact) mass is 431 g/mol. The van der Waals surface area contributed by atoms with Gasteiger partial charge in [0, 0.05) is 20.6 Å². The van der Waals surface area contributed by atoms with Gasteiger partial charge in [0.25, 0.3) is 0 Å². The van der Waals surface area contributed by atoms with Crippen LogP contribution in [-0.2, 0) is 24.1 Å². The van der Waals surface area contributed by atoms with Gasteiger partial charge in [-0.1, -0.05) is 19.0 Å². The van der Waals surface area contributed by atoms with Crippen LogP contribution in [0.25, 0.3) is 0 Å². The van der Waals surface area contributed by atoms with E-state index >= 15 is 0 Å². The highest BCUT2D eigenvalue weighted by Crippen LogP contribution is 2.23. The maximum atomic E-state index is 5.28. The van der Waals surface area contributed by atoms with Gasteiger partial charge in [0.05, 0.1) is 22.4 Å². The highest BCUT2D eigenvalue weighted by atomic mass is 127. The molecule has 0 aliphatic rings. The molecule has 2 aromatic heterocycles. The van der Waals surface area contributed by atoms with Crippen LogP contribution in [0.1, 0.15) is 31.3 Å². The first-order valence-electron chi connectivity index (χ1n) is 7.52. The summed E-state index contributed by atoms with van der Waals surface area (Å²) >= 11 is 2.31. The van der Waals surface area contributed by atoms with E-state index < -0.39 is 0 Å². The molecule has 0 atom stereocenters. The Bertz CT molecular complexity index is 632. The third-order valence-corrected chi connectivity index (χ3v) is 4.32. The van der Waals surface area contributed by atoms with Crippen molar-refractivity contribution in [3.05, 3.63) is 27.3 Å². The molecule has 126 valence electrons. The van der Waals surface area contributed by atoms with Gasteiger partial charge in [-0.3, -0.25) is 0 Å². The van der Waals surface area contributed by atoms with Crippen molar-refractivity contribution in [1.29, 1.82) is 0 Å². The fraction of sp³-hybridized carbons (Fsp3) is 0.600. The van der Waals surface area contributed by atoms with Gasteiger partial charge in [0.2, 0.25) is 5.89 Å². The van der Waals surface area contributed by atoms with E-state index in [0.717, 1.165) is 21.5 Å². The summed E-state index contributed by atoms with van der Waals surface area (Å²) < 4.78 is 11.4. The summed E-state index contributed by atoms with van der Waals surface area (Å²) in [6.45, 7) is 5.45. The van der Waals surface area contributed by atoms with Crippen LogP contribution in [0.4, 0.5) is 5.82 Å². The third-order valence-electron chi connectivity index (χ3n) is 3.22. The van der Waals surface area contributed by atoms with Gasteiger partial charge in [-0.05, 0) is 34.9 Å². The molecule has 0 radical (unpaired) electrons. The summed E-state index contributed by atoms with van der Waals surface area (Å²) in [6.07, 6.45) is 3.19. The quantitative estimate of drug-likeness (QED) is 0.595. The molecule has 0 aliphatic carbocycles. The van der Waals surface area contributed by atoms with Gasteiger partial charge < -0.3 is 14.2 Å². The van der Waals surface area contributed by atoms with Gasteiger partial charge in [-0.2, -0.15) is 4.98 Å². The lowest BCUT2D eigenvalue weighted by molar-refractivity contribution is 0.199. The Labute approximate surface area is 150 Å². The fourth-order valence-corrected chi connectivity index (χ4v) is 3.03. The smallest absolute Gasteiger partial charge is 0.246 e. The van der Waals surface area contributed by atoms with Crippen LogP contribution in [-0.4, -0.2) is 40.9 Å². The van der Waals surface area contributed by atoms with Crippen LogP contribution in [0.5, 0.6) is 0 Å². The Morgan fingerprint density at radius 1 is 1.35 bits per heavy atom. The number of halogens is 1. The van der Waals surface area contributed by atoms with Crippen LogP contribution in [0.2, 0.25) is 0 Å². The number of rotatable bonds is 8. The van der Waals surface area contributed by atoms with E-state index in [0.29, 0.717) is 37.2 Å². The first-order chi connectivity index (χ1) is 11.0. The predicted octanol–water partition coefficient (Wildman–Crippen LogP) is 2.49. The average molecular weight is 431 g/mol. The van der Waals surface area contributed by atoms with Crippen molar-refractivity contribution in [2.75, 3.05) is 25.7 Å². The number of hydrogen-bond donors (Lipinski definition) is 0. The standard InChI is InChI=1S/C15H22IN5O2/c1-10(2)7-11-14(16)15(18-9-17-11)21(3)8-13-19-12(20-23-13)5-6-22-4/h9-10H,5-8H2,1-4H3. The lowest BCUT2D eigenvalue weighted by Gasteiger charge is -2.18. The molecule has 2 heterocycles. The molecular weight excluding hydrogens is 409 g/mol. The number of anilines is 1. The third kappa shape index (κ3) is 5.10. The van der Waals surface area contributed by atoms with Crippen molar-refractivity contribution >= 4 is 28.4 Å². The van der Waals surface area contributed by atoms with E-state index in [9.17, 15) is 0 Å². The summed E-state index contributed by atoms with van der Waals surface area (Å²) in [5, 5.41) is 3.95. The minimum absolute atomic E-state index is 0.508. The first kappa shape index (κ1) is 18.1. The molecule has 0 aromatic carbocycles. The van der Waals surface area contributed by atoms with E-state index in [1.54, 1.807) is 13.4 Å². The maximum absolute atomic E-state index is 5.28. The molecule has 0 bridgehead atoms. The Morgan fingerprint density at radius 3 is 2.83 bits per heavy atom. The summed E-state index contributed by atoms with van der Waals surface area (Å²) in [7, 11) is 3.61. The number of methoxy groups -OCH3 is 1. The van der Waals surface area contributed by atoms with Crippen LogP contribution < -0.4 is 4.90 Å². The molecule has 8 heteroatoms. The minimum atomic E-state index is 0.508. The van der Waals surface area contributed by atoms with Crippen molar-refractivity contribution in [3.63, 3.8) is 0 Å². The Kier molecular flexibility index (Phi) is 6.70. The molecule has 0 unspecified atom stereocenters. The molecule has 2 rings (SSSR count). The average Bonchev–Trinajstić information content (AvgIpc) is 2.94.